The van der Waals surface area contributed by atoms with Crippen molar-refractivity contribution in [2.75, 3.05) is 44.8 Å². The van der Waals surface area contributed by atoms with Gasteiger partial charge in [0.05, 0.1) is 26.8 Å². The van der Waals surface area contributed by atoms with Crippen LogP contribution in [0, 0.1) is 5.82 Å². The van der Waals surface area contributed by atoms with E-state index >= 15 is 0 Å². The molecule has 3 fully saturated rings. The van der Waals surface area contributed by atoms with Gasteiger partial charge in [-0.2, -0.15) is 4.37 Å². The first-order valence-corrected chi connectivity index (χ1v) is 10.7. The highest BCUT2D eigenvalue weighted by molar-refractivity contribution is 7.09. The average Bonchev–Trinajstić information content (AvgIpc) is 3.37. The Kier molecular flexibility index (Phi) is 4.72. The Morgan fingerprint density at radius 3 is 2.82 bits per heavy atom. The molecule has 3 aliphatic rings. The van der Waals surface area contributed by atoms with E-state index in [1.54, 1.807) is 19.5 Å². The molecule has 1 aromatic carbocycles. The van der Waals surface area contributed by atoms with Crippen molar-refractivity contribution in [3.63, 3.8) is 0 Å². The molecular formula is C20H25FN4O2S. The van der Waals surface area contributed by atoms with Crippen LogP contribution in [0.2, 0.25) is 0 Å². The molecule has 4 heterocycles. The molecule has 0 bridgehead atoms. The van der Waals surface area contributed by atoms with Crippen molar-refractivity contribution in [2.45, 2.75) is 36.8 Å². The summed E-state index contributed by atoms with van der Waals surface area (Å²) >= 11 is 1.44. The van der Waals surface area contributed by atoms with E-state index in [0.717, 1.165) is 62.7 Å². The standard InChI is InChI=1S/C20H25FN4O2S/c1-26-18-8-15(21)2-3-17(18)14-4-6-24(7-5-14)16-9-20(27-10-16)11-25(12-20)19-22-13-23-28-19/h2-3,8,13-14,16H,4-7,9-12H2,1H3. The molecule has 28 heavy (non-hydrogen) atoms. The van der Waals surface area contributed by atoms with Crippen LogP contribution in [0.1, 0.15) is 30.7 Å². The number of hydrogen-bond acceptors (Lipinski definition) is 7. The van der Waals surface area contributed by atoms with E-state index in [-0.39, 0.29) is 11.4 Å². The lowest BCUT2D eigenvalue weighted by Crippen LogP contribution is -2.62. The highest BCUT2D eigenvalue weighted by atomic mass is 32.1. The van der Waals surface area contributed by atoms with Gasteiger partial charge in [-0.15, -0.1) is 0 Å². The van der Waals surface area contributed by atoms with E-state index < -0.39 is 0 Å². The van der Waals surface area contributed by atoms with Crippen molar-refractivity contribution in [3.05, 3.63) is 35.9 Å². The van der Waals surface area contributed by atoms with Gasteiger partial charge in [0.2, 0.25) is 5.13 Å². The van der Waals surface area contributed by atoms with Crippen LogP contribution < -0.4 is 9.64 Å². The first-order valence-electron chi connectivity index (χ1n) is 9.89. The summed E-state index contributed by atoms with van der Waals surface area (Å²) in [4.78, 5) is 9.13. The molecule has 1 spiro atoms. The molecular weight excluding hydrogens is 379 g/mol. The summed E-state index contributed by atoms with van der Waals surface area (Å²) in [5.41, 5.74) is 1.13. The number of ether oxygens (including phenoxy) is 2. The molecule has 3 aliphatic heterocycles. The highest BCUT2D eigenvalue weighted by Crippen LogP contribution is 2.41. The van der Waals surface area contributed by atoms with Gasteiger partial charge in [0, 0.05) is 23.6 Å². The lowest BCUT2D eigenvalue weighted by molar-refractivity contribution is -0.0194. The summed E-state index contributed by atoms with van der Waals surface area (Å²) in [5, 5.41) is 0.992. The molecule has 1 unspecified atom stereocenters. The Morgan fingerprint density at radius 1 is 1.29 bits per heavy atom. The number of anilines is 1. The summed E-state index contributed by atoms with van der Waals surface area (Å²) in [5.74, 6) is 0.863. The van der Waals surface area contributed by atoms with Crippen molar-refractivity contribution >= 4 is 16.7 Å². The summed E-state index contributed by atoms with van der Waals surface area (Å²) < 4.78 is 29.2. The third kappa shape index (κ3) is 3.27. The third-order valence-corrected chi connectivity index (χ3v) is 7.18. The summed E-state index contributed by atoms with van der Waals surface area (Å²) in [6, 6.07) is 5.42. The van der Waals surface area contributed by atoms with E-state index in [1.807, 2.05) is 6.07 Å². The monoisotopic (exact) mass is 404 g/mol. The van der Waals surface area contributed by atoms with E-state index in [4.69, 9.17) is 9.47 Å². The predicted octanol–water partition coefficient (Wildman–Crippen LogP) is 2.91. The van der Waals surface area contributed by atoms with Crippen LogP contribution in [0.15, 0.2) is 24.5 Å². The van der Waals surface area contributed by atoms with E-state index in [2.05, 4.69) is 19.2 Å². The largest absolute Gasteiger partial charge is 0.496 e. The van der Waals surface area contributed by atoms with Crippen LogP contribution in [0.25, 0.3) is 0 Å². The maximum absolute atomic E-state index is 13.5. The summed E-state index contributed by atoms with van der Waals surface area (Å²) in [7, 11) is 1.62. The molecule has 0 aliphatic carbocycles. The minimum absolute atomic E-state index is 0.00658. The second-order valence-corrected chi connectivity index (χ2v) is 8.89. The fraction of sp³-hybridized carbons (Fsp3) is 0.600. The Hall–Kier alpha value is -1.77. The molecule has 2 aromatic rings. The smallest absolute Gasteiger partial charge is 0.205 e. The molecule has 1 aromatic heterocycles. The van der Waals surface area contributed by atoms with Crippen molar-refractivity contribution in [1.82, 2.24) is 14.3 Å². The first kappa shape index (κ1) is 18.3. The third-order valence-electron chi connectivity index (χ3n) is 6.45. The van der Waals surface area contributed by atoms with Gasteiger partial charge in [-0.1, -0.05) is 6.07 Å². The van der Waals surface area contributed by atoms with Gasteiger partial charge in [0.1, 0.15) is 23.5 Å². The number of methoxy groups -OCH3 is 1. The maximum Gasteiger partial charge on any atom is 0.205 e. The van der Waals surface area contributed by atoms with Crippen LogP contribution in [0.4, 0.5) is 9.52 Å². The van der Waals surface area contributed by atoms with Gasteiger partial charge in [-0.25, -0.2) is 9.37 Å². The molecule has 0 amide bonds. The van der Waals surface area contributed by atoms with Gasteiger partial charge in [0.15, 0.2) is 0 Å². The lowest BCUT2D eigenvalue weighted by atomic mass is 9.86. The number of aromatic nitrogens is 2. The Labute approximate surface area is 168 Å². The van der Waals surface area contributed by atoms with Crippen molar-refractivity contribution < 1.29 is 13.9 Å². The van der Waals surface area contributed by atoms with E-state index in [0.29, 0.717) is 17.7 Å². The molecule has 1 atom stereocenters. The number of nitrogens with zero attached hydrogens (tertiary/aromatic N) is 4. The van der Waals surface area contributed by atoms with Gasteiger partial charge < -0.3 is 14.4 Å². The van der Waals surface area contributed by atoms with Crippen LogP contribution in [0.5, 0.6) is 5.75 Å². The zero-order chi connectivity index (χ0) is 19.1. The zero-order valence-corrected chi connectivity index (χ0v) is 16.8. The van der Waals surface area contributed by atoms with E-state index in [1.165, 1.54) is 17.6 Å². The Balaban J connectivity index is 1.16. The molecule has 0 N–H and O–H groups in total. The van der Waals surface area contributed by atoms with Crippen LogP contribution in [-0.2, 0) is 4.74 Å². The molecule has 8 heteroatoms. The predicted molar refractivity (Wildman–Crippen MR) is 106 cm³/mol. The number of piperidine rings is 1. The number of hydrogen-bond donors (Lipinski definition) is 0. The van der Waals surface area contributed by atoms with E-state index in [9.17, 15) is 4.39 Å². The minimum atomic E-state index is -0.241. The molecule has 150 valence electrons. The van der Waals surface area contributed by atoms with Crippen LogP contribution in [0.3, 0.4) is 0 Å². The highest BCUT2D eigenvalue weighted by Gasteiger charge is 2.51. The quantitative estimate of drug-likeness (QED) is 0.781. The van der Waals surface area contributed by atoms with Crippen molar-refractivity contribution in [3.8, 4) is 5.75 Å². The molecule has 3 saturated heterocycles. The van der Waals surface area contributed by atoms with Gasteiger partial charge >= 0.3 is 0 Å². The molecule has 0 saturated carbocycles. The van der Waals surface area contributed by atoms with Crippen LogP contribution >= 0.6 is 11.5 Å². The number of rotatable bonds is 4. The Bertz CT molecular complexity index is 820. The second-order valence-electron chi connectivity index (χ2n) is 8.13. The van der Waals surface area contributed by atoms with Crippen molar-refractivity contribution in [1.29, 1.82) is 0 Å². The van der Waals surface area contributed by atoms with Gasteiger partial charge in [-0.3, -0.25) is 4.90 Å². The molecule has 0 radical (unpaired) electrons. The second kappa shape index (κ2) is 7.24. The van der Waals surface area contributed by atoms with Crippen LogP contribution in [-0.4, -0.2) is 65.8 Å². The minimum Gasteiger partial charge on any atom is -0.496 e. The zero-order valence-electron chi connectivity index (χ0n) is 16.0. The topological polar surface area (TPSA) is 50.7 Å². The maximum atomic E-state index is 13.5. The molecule has 6 nitrogen and oxygen atoms in total. The lowest BCUT2D eigenvalue weighted by Gasteiger charge is -2.47. The fourth-order valence-corrected chi connectivity index (χ4v) is 5.49. The fourth-order valence-electron chi connectivity index (χ4n) is 4.96. The summed E-state index contributed by atoms with van der Waals surface area (Å²) in [6.45, 7) is 4.75. The van der Waals surface area contributed by atoms with Gasteiger partial charge in [0.25, 0.3) is 0 Å². The summed E-state index contributed by atoms with van der Waals surface area (Å²) in [6.07, 6.45) is 4.85. The van der Waals surface area contributed by atoms with Gasteiger partial charge in [-0.05, 0) is 49.9 Å². The van der Waals surface area contributed by atoms with Crippen molar-refractivity contribution in [2.24, 2.45) is 0 Å². The number of benzene rings is 1. The Morgan fingerprint density at radius 2 is 2.11 bits per heavy atom. The average molecular weight is 405 g/mol. The molecule has 5 rings (SSSR count). The normalized spacial score (nSPS) is 25.2. The number of likely N-dealkylation sites (tertiary alicyclic amines) is 1. The first-order chi connectivity index (χ1) is 13.7. The number of halogens is 1. The SMILES string of the molecule is COc1cc(F)ccc1C1CCN(C2COC3(C2)CN(c2ncns2)C3)CC1.